The number of hydrogen-bond donors (Lipinski definition) is 3. The summed E-state index contributed by atoms with van der Waals surface area (Å²) in [6, 6.07) is 10.7. The van der Waals surface area contributed by atoms with Gasteiger partial charge in [-0.2, -0.15) is 0 Å². The van der Waals surface area contributed by atoms with E-state index in [2.05, 4.69) is 10.0 Å². The van der Waals surface area contributed by atoms with Crippen LogP contribution in [0, 0.1) is 12.8 Å². The second kappa shape index (κ2) is 17.3. The number of hydrogen-bond acceptors (Lipinski definition) is 7. The molecule has 0 bridgehead atoms. The molecule has 12 heteroatoms. The lowest BCUT2D eigenvalue weighted by atomic mass is 9.96. The first-order valence-corrected chi connectivity index (χ1v) is 18.8. The number of ether oxygens (including phenoxy) is 2. The van der Waals surface area contributed by atoms with Gasteiger partial charge in [0, 0.05) is 44.4 Å². The first-order valence-electron chi connectivity index (χ1n) is 17.3. The Morgan fingerprint density at radius 3 is 2.42 bits per heavy atom. The lowest BCUT2D eigenvalue weighted by Crippen LogP contribution is -2.50. The van der Waals surface area contributed by atoms with Crippen molar-refractivity contribution < 1.29 is 32.6 Å². The molecule has 1 heterocycles. The Balaban J connectivity index is 1.61. The van der Waals surface area contributed by atoms with Gasteiger partial charge in [0.05, 0.1) is 35.3 Å². The Labute approximate surface area is 286 Å². The second-order valence-corrected chi connectivity index (χ2v) is 15.3. The maximum atomic E-state index is 14.4. The summed E-state index contributed by atoms with van der Waals surface area (Å²) < 4.78 is 41.7. The predicted molar refractivity (Wildman–Crippen MR) is 187 cm³/mol. The number of nitrogens with zero attached hydrogens (tertiary/aromatic N) is 2. The number of aryl methyl sites for hydroxylation is 1. The number of benzene rings is 2. The van der Waals surface area contributed by atoms with Gasteiger partial charge in [-0.05, 0) is 83.2 Å². The summed E-state index contributed by atoms with van der Waals surface area (Å²) in [5.41, 5.74) is 1.35. The molecule has 0 unspecified atom stereocenters. The van der Waals surface area contributed by atoms with E-state index in [0.717, 1.165) is 50.5 Å². The van der Waals surface area contributed by atoms with Crippen molar-refractivity contribution in [1.82, 2.24) is 15.1 Å². The van der Waals surface area contributed by atoms with Crippen LogP contribution in [0.25, 0.3) is 0 Å². The molecule has 2 aromatic carbocycles. The third kappa shape index (κ3) is 10.3. The van der Waals surface area contributed by atoms with E-state index >= 15 is 0 Å². The molecule has 266 valence electrons. The summed E-state index contributed by atoms with van der Waals surface area (Å²) in [5.74, 6) is -0.263. The summed E-state index contributed by atoms with van der Waals surface area (Å²) in [7, 11) is -2.15. The molecule has 48 heavy (non-hydrogen) atoms. The van der Waals surface area contributed by atoms with Gasteiger partial charge in [0.15, 0.2) is 0 Å². The number of likely N-dealkylation sites (N-methyl/N-ethyl adjacent to an activating group) is 1. The van der Waals surface area contributed by atoms with E-state index in [-0.39, 0.29) is 59.5 Å². The van der Waals surface area contributed by atoms with Crippen molar-refractivity contribution in [3.05, 3.63) is 53.6 Å². The van der Waals surface area contributed by atoms with E-state index in [1.807, 2.05) is 20.8 Å². The predicted octanol–water partition coefficient (Wildman–Crippen LogP) is 5.57. The molecule has 4 rings (SSSR count). The van der Waals surface area contributed by atoms with Crippen LogP contribution in [0.1, 0.15) is 88.1 Å². The van der Waals surface area contributed by atoms with Crippen LogP contribution in [0.2, 0.25) is 0 Å². The van der Waals surface area contributed by atoms with Gasteiger partial charge in [0.2, 0.25) is 0 Å². The number of rotatable bonds is 8. The average molecular weight is 687 g/mol. The molecule has 0 radical (unpaired) electrons. The summed E-state index contributed by atoms with van der Waals surface area (Å²) >= 11 is 0. The molecule has 4 atom stereocenters. The molecule has 0 spiro atoms. The number of amides is 3. The number of aliphatic hydroxyl groups excluding tert-OH is 1. The molecule has 2 aromatic rings. The standard InChI is InChI=1S/C36H54N4O7S/c1-25-14-17-31(18-15-25)48(44,45)38-30-16-19-33-32(21-30)35(42)40(27(3)24-41)22-26(2)34(46-20-10-9-11-28(4)47-33)23-39(5)36(43)37-29-12-7-6-8-13-29/h14-19,21,26-29,34,38,41H,6-13,20,22-24H2,1-5H3,(H,37,43)/t26-,27-,28-,34-/m0/s1. The number of carbonyl (C=O) groups is 2. The maximum absolute atomic E-state index is 14.4. The number of nitrogens with one attached hydrogen (secondary N) is 2. The smallest absolute Gasteiger partial charge is 0.317 e. The molecule has 0 saturated heterocycles. The van der Waals surface area contributed by atoms with Gasteiger partial charge in [-0.15, -0.1) is 0 Å². The number of carbonyl (C=O) groups excluding carboxylic acids is 2. The molecule has 3 N–H and O–H groups in total. The molecule has 1 aliphatic heterocycles. The minimum Gasteiger partial charge on any atom is -0.490 e. The molecule has 2 aliphatic rings. The highest BCUT2D eigenvalue weighted by atomic mass is 32.2. The van der Waals surface area contributed by atoms with Gasteiger partial charge in [0.1, 0.15) is 5.75 Å². The minimum atomic E-state index is -3.92. The van der Waals surface area contributed by atoms with Crippen LogP contribution in [0.4, 0.5) is 10.5 Å². The van der Waals surface area contributed by atoms with Gasteiger partial charge < -0.3 is 29.7 Å². The normalized spacial score (nSPS) is 22.5. The zero-order valence-corrected chi connectivity index (χ0v) is 29.9. The van der Waals surface area contributed by atoms with Gasteiger partial charge in [-0.1, -0.05) is 43.9 Å². The quantitative estimate of drug-likeness (QED) is 0.331. The summed E-state index contributed by atoms with van der Waals surface area (Å²) in [6.07, 6.45) is 7.21. The number of urea groups is 1. The zero-order valence-electron chi connectivity index (χ0n) is 29.1. The van der Waals surface area contributed by atoms with Gasteiger partial charge in [-0.25, -0.2) is 13.2 Å². The van der Waals surface area contributed by atoms with Crippen LogP contribution in [0.3, 0.4) is 0 Å². The van der Waals surface area contributed by atoms with Crippen LogP contribution >= 0.6 is 0 Å². The monoisotopic (exact) mass is 686 g/mol. The average Bonchev–Trinajstić information content (AvgIpc) is 3.06. The van der Waals surface area contributed by atoms with Crippen molar-refractivity contribution in [3.8, 4) is 5.75 Å². The molecular formula is C36H54N4O7S. The van der Waals surface area contributed by atoms with Crippen molar-refractivity contribution in [3.63, 3.8) is 0 Å². The Morgan fingerprint density at radius 2 is 1.73 bits per heavy atom. The molecule has 11 nitrogen and oxygen atoms in total. The van der Waals surface area contributed by atoms with Gasteiger partial charge >= 0.3 is 6.03 Å². The van der Waals surface area contributed by atoms with E-state index in [4.69, 9.17) is 9.47 Å². The molecule has 1 fully saturated rings. The van der Waals surface area contributed by atoms with Crippen LogP contribution in [-0.4, -0.2) is 92.9 Å². The van der Waals surface area contributed by atoms with E-state index in [1.165, 1.54) is 24.6 Å². The minimum absolute atomic E-state index is 0.108. The third-order valence-electron chi connectivity index (χ3n) is 9.37. The highest BCUT2D eigenvalue weighted by Gasteiger charge is 2.31. The number of aliphatic hydroxyl groups is 1. The highest BCUT2D eigenvalue weighted by Crippen LogP contribution is 2.30. The van der Waals surface area contributed by atoms with Crippen molar-refractivity contribution in [1.29, 1.82) is 0 Å². The Bertz CT molecular complexity index is 1460. The van der Waals surface area contributed by atoms with Crippen LogP contribution in [-0.2, 0) is 14.8 Å². The Hall–Kier alpha value is -3.35. The SMILES string of the molecule is Cc1ccc(S(=O)(=O)Nc2ccc3c(c2)C(=O)N([C@@H](C)CO)C[C@H](C)[C@H](CN(C)C(=O)NC2CCCCC2)OCCCC[C@H](C)O3)cc1. The summed E-state index contributed by atoms with van der Waals surface area (Å²) in [5, 5.41) is 13.4. The van der Waals surface area contributed by atoms with Gasteiger partial charge in [-0.3, -0.25) is 9.52 Å². The van der Waals surface area contributed by atoms with Crippen LogP contribution < -0.4 is 14.8 Å². The van der Waals surface area contributed by atoms with E-state index in [1.54, 1.807) is 48.0 Å². The van der Waals surface area contributed by atoms with Gasteiger partial charge in [0.25, 0.3) is 15.9 Å². The maximum Gasteiger partial charge on any atom is 0.317 e. The fraction of sp³-hybridized carbons (Fsp3) is 0.611. The summed E-state index contributed by atoms with van der Waals surface area (Å²) in [4.78, 5) is 30.9. The molecule has 0 aromatic heterocycles. The number of sulfonamides is 1. The topological polar surface area (TPSA) is 138 Å². The van der Waals surface area contributed by atoms with E-state index in [0.29, 0.717) is 18.9 Å². The molecule has 1 aliphatic carbocycles. The molecule has 1 saturated carbocycles. The Morgan fingerprint density at radius 1 is 1.04 bits per heavy atom. The first kappa shape index (κ1) is 37.5. The van der Waals surface area contributed by atoms with Crippen LogP contribution in [0.15, 0.2) is 47.4 Å². The van der Waals surface area contributed by atoms with Crippen molar-refractivity contribution >= 4 is 27.6 Å². The zero-order chi connectivity index (χ0) is 34.8. The molecular weight excluding hydrogens is 632 g/mol. The third-order valence-corrected chi connectivity index (χ3v) is 10.8. The van der Waals surface area contributed by atoms with Crippen molar-refractivity contribution in [2.45, 2.75) is 108 Å². The largest absolute Gasteiger partial charge is 0.490 e. The highest BCUT2D eigenvalue weighted by molar-refractivity contribution is 7.92. The first-order chi connectivity index (χ1) is 22.9. The van der Waals surface area contributed by atoms with E-state index in [9.17, 15) is 23.1 Å². The number of fused-ring (bicyclic) bond motifs is 1. The molecule has 3 amide bonds. The number of anilines is 1. The fourth-order valence-corrected chi connectivity index (χ4v) is 7.31. The van der Waals surface area contributed by atoms with Crippen LogP contribution in [0.5, 0.6) is 5.75 Å². The summed E-state index contributed by atoms with van der Waals surface area (Å²) in [6.45, 7) is 8.37. The fourth-order valence-electron chi connectivity index (χ4n) is 6.26. The van der Waals surface area contributed by atoms with Crippen molar-refractivity contribution in [2.24, 2.45) is 5.92 Å². The van der Waals surface area contributed by atoms with Crippen molar-refractivity contribution in [2.75, 3.05) is 38.1 Å². The second-order valence-electron chi connectivity index (χ2n) is 13.6. The Kier molecular flexibility index (Phi) is 13.5. The van der Waals surface area contributed by atoms with E-state index < -0.39 is 22.0 Å². The lowest BCUT2D eigenvalue weighted by molar-refractivity contribution is -0.0123. The lowest BCUT2D eigenvalue weighted by Gasteiger charge is -2.36.